The van der Waals surface area contributed by atoms with Crippen molar-refractivity contribution in [3.8, 4) is 0 Å². The van der Waals surface area contributed by atoms with Gasteiger partial charge in [-0.15, -0.1) is 5.10 Å². The molecule has 11 heavy (non-hydrogen) atoms. The summed E-state index contributed by atoms with van der Waals surface area (Å²) in [6, 6.07) is 0. The molecule has 0 aromatic carbocycles. The minimum atomic E-state index is -0.502. The predicted octanol–water partition coefficient (Wildman–Crippen LogP) is 0.959. The highest BCUT2D eigenvalue weighted by molar-refractivity contribution is 4.66. The molecule has 0 aliphatic heterocycles. The number of rotatable bonds is 4. The average molecular weight is 155 g/mol. The van der Waals surface area contributed by atoms with Crippen molar-refractivity contribution >= 4 is 0 Å². The maximum Gasteiger partial charge on any atom is 0.148 e. The molecular weight excluding hydrogens is 142 g/mol. The molecule has 0 spiro atoms. The van der Waals surface area contributed by atoms with Gasteiger partial charge in [-0.2, -0.15) is 0 Å². The van der Waals surface area contributed by atoms with Crippen molar-refractivity contribution in [1.82, 2.24) is 15.0 Å². The SMILES string of the molecule is CCCCC(O)n1ccnn1. The zero-order valence-electron chi connectivity index (χ0n) is 6.64. The van der Waals surface area contributed by atoms with E-state index < -0.39 is 6.23 Å². The number of aliphatic hydroxyl groups excluding tert-OH is 1. The van der Waals surface area contributed by atoms with Gasteiger partial charge in [-0.3, -0.25) is 0 Å². The van der Waals surface area contributed by atoms with E-state index in [1.165, 1.54) is 4.68 Å². The molecule has 1 heterocycles. The molecule has 62 valence electrons. The monoisotopic (exact) mass is 155 g/mol. The van der Waals surface area contributed by atoms with Gasteiger partial charge in [0.25, 0.3) is 0 Å². The van der Waals surface area contributed by atoms with Crippen molar-refractivity contribution in [2.75, 3.05) is 0 Å². The minimum absolute atomic E-state index is 0.502. The molecule has 0 aliphatic rings. The first-order chi connectivity index (χ1) is 5.34. The highest BCUT2D eigenvalue weighted by Crippen LogP contribution is 2.08. The van der Waals surface area contributed by atoms with Crippen LogP contribution in [0.5, 0.6) is 0 Å². The maximum atomic E-state index is 9.40. The first-order valence-electron chi connectivity index (χ1n) is 3.88. The summed E-state index contributed by atoms with van der Waals surface area (Å²) >= 11 is 0. The minimum Gasteiger partial charge on any atom is -0.372 e. The summed E-state index contributed by atoms with van der Waals surface area (Å²) in [6.45, 7) is 2.09. The van der Waals surface area contributed by atoms with Gasteiger partial charge < -0.3 is 5.11 Å². The third kappa shape index (κ3) is 2.31. The Labute approximate surface area is 65.8 Å². The van der Waals surface area contributed by atoms with Crippen LogP contribution in [0.2, 0.25) is 0 Å². The fourth-order valence-electron chi connectivity index (χ4n) is 0.895. The number of unbranched alkanes of at least 4 members (excludes halogenated alkanes) is 1. The van der Waals surface area contributed by atoms with Crippen LogP contribution in [0, 0.1) is 0 Å². The lowest BCUT2D eigenvalue weighted by Gasteiger charge is -2.07. The maximum absolute atomic E-state index is 9.40. The predicted molar refractivity (Wildman–Crippen MR) is 40.8 cm³/mol. The van der Waals surface area contributed by atoms with Crippen molar-refractivity contribution in [2.45, 2.75) is 32.4 Å². The Morgan fingerprint density at radius 1 is 1.64 bits per heavy atom. The molecule has 0 saturated heterocycles. The van der Waals surface area contributed by atoms with Crippen LogP contribution in [-0.2, 0) is 0 Å². The van der Waals surface area contributed by atoms with Crippen LogP contribution >= 0.6 is 0 Å². The Hall–Kier alpha value is -0.900. The van der Waals surface area contributed by atoms with Gasteiger partial charge in [0, 0.05) is 6.20 Å². The third-order valence-electron chi connectivity index (χ3n) is 1.56. The Kier molecular flexibility index (Phi) is 3.04. The van der Waals surface area contributed by atoms with E-state index in [-0.39, 0.29) is 0 Å². The summed E-state index contributed by atoms with van der Waals surface area (Å²) in [6.07, 6.45) is 5.58. The molecule has 1 unspecified atom stereocenters. The van der Waals surface area contributed by atoms with Gasteiger partial charge in [0.15, 0.2) is 0 Å². The lowest BCUT2D eigenvalue weighted by molar-refractivity contribution is 0.0772. The van der Waals surface area contributed by atoms with E-state index in [0.29, 0.717) is 0 Å². The molecule has 4 heteroatoms. The number of hydrogen-bond acceptors (Lipinski definition) is 3. The molecule has 1 atom stereocenters. The van der Waals surface area contributed by atoms with Gasteiger partial charge in [-0.25, -0.2) is 4.68 Å². The molecule has 0 radical (unpaired) electrons. The number of nitrogens with zero attached hydrogens (tertiary/aromatic N) is 3. The van der Waals surface area contributed by atoms with Crippen molar-refractivity contribution in [2.24, 2.45) is 0 Å². The summed E-state index contributed by atoms with van der Waals surface area (Å²) in [5.74, 6) is 0. The Balaban J connectivity index is 2.36. The summed E-state index contributed by atoms with van der Waals surface area (Å²) in [4.78, 5) is 0. The fraction of sp³-hybridized carbons (Fsp3) is 0.714. The molecule has 1 aromatic heterocycles. The molecule has 0 saturated carbocycles. The molecule has 1 rings (SSSR count). The van der Waals surface area contributed by atoms with Crippen LogP contribution in [0.1, 0.15) is 32.4 Å². The van der Waals surface area contributed by atoms with E-state index in [1.54, 1.807) is 12.4 Å². The largest absolute Gasteiger partial charge is 0.372 e. The van der Waals surface area contributed by atoms with Crippen LogP contribution in [0.4, 0.5) is 0 Å². The lowest BCUT2D eigenvalue weighted by atomic mass is 10.2. The Morgan fingerprint density at radius 2 is 2.45 bits per heavy atom. The third-order valence-corrected chi connectivity index (χ3v) is 1.56. The average Bonchev–Trinajstić information content (AvgIpc) is 2.52. The van der Waals surface area contributed by atoms with Gasteiger partial charge in [0.05, 0.1) is 6.20 Å². The topological polar surface area (TPSA) is 50.9 Å². The first-order valence-corrected chi connectivity index (χ1v) is 3.88. The summed E-state index contributed by atoms with van der Waals surface area (Å²) in [7, 11) is 0. The second-order valence-corrected chi connectivity index (χ2v) is 2.51. The second-order valence-electron chi connectivity index (χ2n) is 2.51. The van der Waals surface area contributed by atoms with Gasteiger partial charge in [-0.1, -0.05) is 18.6 Å². The summed E-state index contributed by atoms with van der Waals surface area (Å²) in [5, 5.41) is 16.7. The molecule has 0 bridgehead atoms. The van der Waals surface area contributed by atoms with Gasteiger partial charge in [0.1, 0.15) is 6.23 Å². The molecule has 0 aliphatic carbocycles. The standard InChI is InChI=1S/C7H13N3O/c1-2-3-4-7(11)10-6-5-8-9-10/h5-7,11H,2-4H2,1H3. The second kappa shape index (κ2) is 4.08. The van der Waals surface area contributed by atoms with E-state index in [0.717, 1.165) is 19.3 Å². The van der Waals surface area contributed by atoms with Crippen LogP contribution in [-0.4, -0.2) is 20.1 Å². The Morgan fingerprint density at radius 3 is 3.00 bits per heavy atom. The van der Waals surface area contributed by atoms with E-state index in [1.807, 2.05) is 0 Å². The number of aromatic nitrogens is 3. The lowest BCUT2D eigenvalue weighted by Crippen LogP contribution is -2.08. The van der Waals surface area contributed by atoms with E-state index in [2.05, 4.69) is 17.2 Å². The summed E-state index contributed by atoms with van der Waals surface area (Å²) < 4.78 is 1.47. The smallest absolute Gasteiger partial charge is 0.148 e. The zero-order valence-corrected chi connectivity index (χ0v) is 6.64. The van der Waals surface area contributed by atoms with Crippen LogP contribution in [0.3, 0.4) is 0 Å². The molecular formula is C7H13N3O. The highest BCUT2D eigenvalue weighted by Gasteiger charge is 2.04. The molecule has 0 amide bonds. The van der Waals surface area contributed by atoms with Crippen molar-refractivity contribution in [3.05, 3.63) is 12.4 Å². The van der Waals surface area contributed by atoms with Crippen molar-refractivity contribution in [3.63, 3.8) is 0 Å². The van der Waals surface area contributed by atoms with Crippen molar-refractivity contribution < 1.29 is 5.11 Å². The number of hydrogen-bond donors (Lipinski definition) is 1. The van der Waals surface area contributed by atoms with E-state index >= 15 is 0 Å². The van der Waals surface area contributed by atoms with Gasteiger partial charge in [-0.05, 0) is 12.8 Å². The summed E-state index contributed by atoms with van der Waals surface area (Å²) in [5.41, 5.74) is 0. The normalized spacial score (nSPS) is 13.3. The highest BCUT2D eigenvalue weighted by atomic mass is 16.3. The van der Waals surface area contributed by atoms with Gasteiger partial charge in [0.2, 0.25) is 0 Å². The quantitative estimate of drug-likeness (QED) is 0.704. The van der Waals surface area contributed by atoms with E-state index in [4.69, 9.17) is 0 Å². The van der Waals surface area contributed by atoms with E-state index in [9.17, 15) is 5.11 Å². The van der Waals surface area contributed by atoms with Crippen LogP contribution in [0.25, 0.3) is 0 Å². The van der Waals surface area contributed by atoms with Crippen molar-refractivity contribution in [1.29, 1.82) is 0 Å². The molecule has 1 aromatic rings. The zero-order chi connectivity index (χ0) is 8.10. The Bertz CT molecular complexity index is 186. The molecule has 4 nitrogen and oxygen atoms in total. The first kappa shape index (κ1) is 8.20. The van der Waals surface area contributed by atoms with Crippen LogP contribution in [0.15, 0.2) is 12.4 Å². The fourth-order valence-corrected chi connectivity index (χ4v) is 0.895. The molecule has 0 fully saturated rings. The van der Waals surface area contributed by atoms with Crippen LogP contribution < -0.4 is 0 Å². The van der Waals surface area contributed by atoms with Gasteiger partial charge >= 0.3 is 0 Å². The molecule has 1 N–H and O–H groups in total. The number of aliphatic hydroxyl groups is 1.